The lowest BCUT2D eigenvalue weighted by atomic mass is 10.3. The SMILES string of the molecule is [c]1nc2nc(-c3ccc4ncsc4n3)cnc2s1. The highest BCUT2D eigenvalue weighted by atomic mass is 32.1. The topological polar surface area (TPSA) is 64.5 Å². The van der Waals surface area contributed by atoms with Crippen LogP contribution in [0.2, 0.25) is 0 Å². The van der Waals surface area contributed by atoms with Gasteiger partial charge in [0.25, 0.3) is 0 Å². The first-order chi connectivity index (χ1) is 8.90. The average molecular weight is 270 g/mol. The predicted molar refractivity (Wildman–Crippen MR) is 70.5 cm³/mol. The molecule has 0 aliphatic rings. The van der Waals surface area contributed by atoms with Gasteiger partial charge in [-0.15, -0.1) is 11.3 Å². The molecule has 0 aliphatic carbocycles. The van der Waals surface area contributed by atoms with Crippen LogP contribution in [-0.2, 0) is 0 Å². The monoisotopic (exact) mass is 270 g/mol. The fraction of sp³-hybridized carbons (Fsp3) is 0. The van der Waals surface area contributed by atoms with Gasteiger partial charge < -0.3 is 0 Å². The summed E-state index contributed by atoms with van der Waals surface area (Å²) < 4.78 is 0. The highest BCUT2D eigenvalue weighted by molar-refractivity contribution is 7.16. The van der Waals surface area contributed by atoms with E-state index in [-0.39, 0.29) is 0 Å². The molecule has 0 saturated heterocycles. The third kappa shape index (κ3) is 1.48. The Morgan fingerprint density at radius 2 is 2.00 bits per heavy atom. The summed E-state index contributed by atoms with van der Waals surface area (Å²) in [5, 5.41) is 0. The van der Waals surface area contributed by atoms with Crippen LogP contribution in [0.3, 0.4) is 0 Å². The molecule has 4 aromatic rings. The second-order valence-electron chi connectivity index (χ2n) is 3.56. The number of thiazole rings is 2. The third-order valence-corrected chi connectivity index (χ3v) is 3.87. The van der Waals surface area contributed by atoms with E-state index < -0.39 is 0 Å². The van der Waals surface area contributed by atoms with Crippen molar-refractivity contribution in [3.05, 3.63) is 29.4 Å². The fourth-order valence-electron chi connectivity index (χ4n) is 1.64. The van der Waals surface area contributed by atoms with Crippen LogP contribution in [0.25, 0.3) is 32.2 Å². The molecule has 0 bridgehead atoms. The van der Waals surface area contributed by atoms with Gasteiger partial charge in [-0.25, -0.2) is 24.9 Å². The van der Waals surface area contributed by atoms with E-state index in [4.69, 9.17) is 0 Å². The van der Waals surface area contributed by atoms with Crippen molar-refractivity contribution in [1.29, 1.82) is 0 Å². The van der Waals surface area contributed by atoms with Gasteiger partial charge in [0.15, 0.2) is 16.0 Å². The van der Waals surface area contributed by atoms with Gasteiger partial charge >= 0.3 is 0 Å². The molecule has 85 valence electrons. The number of aromatic nitrogens is 5. The molecule has 0 saturated carbocycles. The molecule has 0 aromatic carbocycles. The molecule has 18 heavy (non-hydrogen) atoms. The van der Waals surface area contributed by atoms with Crippen molar-refractivity contribution in [2.75, 3.05) is 0 Å². The standard InChI is InChI=1S/C11H4N5S2/c1-2-7-10(17-4-13-7)16-6(1)8-3-12-11-9(15-8)14-5-18-11/h1-4H. The van der Waals surface area contributed by atoms with Crippen LogP contribution in [-0.4, -0.2) is 24.9 Å². The maximum atomic E-state index is 4.52. The summed E-state index contributed by atoms with van der Waals surface area (Å²) >= 11 is 2.87. The Morgan fingerprint density at radius 3 is 3.00 bits per heavy atom. The van der Waals surface area contributed by atoms with Gasteiger partial charge in [-0.1, -0.05) is 11.3 Å². The Morgan fingerprint density at radius 1 is 1.00 bits per heavy atom. The number of nitrogens with zero attached hydrogens (tertiary/aromatic N) is 5. The molecule has 0 aliphatic heterocycles. The minimum absolute atomic E-state index is 0.615. The smallest absolute Gasteiger partial charge is 0.190 e. The molecule has 0 amide bonds. The van der Waals surface area contributed by atoms with Gasteiger partial charge in [0.1, 0.15) is 10.5 Å². The second-order valence-corrected chi connectivity index (χ2v) is 5.17. The van der Waals surface area contributed by atoms with Crippen molar-refractivity contribution in [1.82, 2.24) is 24.9 Å². The lowest BCUT2D eigenvalue weighted by molar-refractivity contribution is 1.24. The molecule has 0 N–H and O–H groups in total. The molecule has 4 aromatic heterocycles. The normalized spacial score (nSPS) is 11.3. The zero-order valence-electron chi connectivity index (χ0n) is 8.86. The molecule has 0 unspecified atom stereocenters. The van der Waals surface area contributed by atoms with Crippen molar-refractivity contribution in [2.24, 2.45) is 0 Å². The molecule has 0 fully saturated rings. The number of rotatable bonds is 1. The minimum atomic E-state index is 0.615. The van der Waals surface area contributed by atoms with E-state index >= 15 is 0 Å². The van der Waals surface area contributed by atoms with Crippen molar-refractivity contribution in [2.45, 2.75) is 0 Å². The van der Waals surface area contributed by atoms with Gasteiger partial charge in [-0.3, -0.25) is 0 Å². The van der Waals surface area contributed by atoms with Gasteiger partial charge in [-0.2, -0.15) is 0 Å². The summed E-state index contributed by atoms with van der Waals surface area (Å²) in [6.07, 6.45) is 1.71. The molecule has 7 heteroatoms. The largest absolute Gasteiger partial charge is 0.243 e. The summed E-state index contributed by atoms with van der Waals surface area (Å²) in [6, 6.07) is 3.83. The van der Waals surface area contributed by atoms with Gasteiger partial charge in [-0.05, 0) is 12.1 Å². The van der Waals surface area contributed by atoms with Crippen LogP contribution in [0.5, 0.6) is 0 Å². The van der Waals surface area contributed by atoms with Crippen LogP contribution in [0.4, 0.5) is 0 Å². The van der Waals surface area contributed by atoms with Crippen molar-refractivity contribution < 1.29 is 0 Å². The number of hydrogen-bond donors (Lipinski definition) is 0. The van der Waals surface area contributed by atoms with Gasteiger partial charge in [0.05, 0.1) is 22.9 Å². The quantitative estimate of drug-likeness (QED) is 0.532. The molecule has 5 nitrogen and oxygen atoms in total. The Kier molecular flexibility index (Phi) is 2.08. The molecular formula is C11H4N5S2. The summed E-state index contributed by atoms with van der Waals surface area (Å²) in [7, 11) is 0. The number of pyridine rings is 1. The van der Waals surface area contributed by atoms with E-state index in [1.807, 2.05) is 12.1 Å². The van der Waals surface area contributed by atoms with Crippen LogP contribution in [0.1, 0.15) is 0 Å². The van der Waals surface area contributed by atoms with E-state index in [1.54, 1.807) is 11.7 Å². The summed E-state index contributed by atoms with van der Waals surface area (Å²) in [5.41, 5.74) is 7.59. The molecule has 0 atom stereocenters. The lowest BCUT2D eigenvalue weighted by Crippen LogP contribution is -1.89. The van der Waals surface area contributed by atoms with E-state index in [1.165, 1.54) is 22.7 Å². The Hall–Kier alpha value is -1.99. The van der Waals surface area contributed by atoms with Crippen molar-refractivity contribution in [3.63, 3.8) is 0 Å². The maximum absolute atomic E-state index is 4.52. The number of fused-ring (bicyclic) bond motifs is 2. The highest BCUT2D eigenvalue weighted by Crippen LogP contribution is 2.22. The third-order valence-electron chi connectivity index (χ3n) is 2.47. The Balaban J connectivity index is 1.93. The minimum Gasteiger partial charge on any atom is -0.243 e. The summed E-state index contributed by atoms with van der Waals surface area (Å²) in [5.74, 6) is 0. The van der Waals surface area contributed by atoms with Crippen molar-refractivity contribution >= 4 is 43.5 Å². The second kappa shape index (κ2) is 3.76. The molecule has 4 heterocycles. The van der Waals surface area contributed by atoms with E-state index in [9.17, 15) is 0 Å². The first-order valence-corrected chi connectivity index (χ1v) is 6.80. The van der Waals surface area contributed by atoms with Crippen LogP contribution < -0.4 is 0 Å². The first kappa shape index (κ1) is 9.98. The van der Waals surface area contributed by atoms with Crippen LogP contribution in [0, 0.1) is 5.51 Å². The number of hydrogen-bond acceptors (Lipinski definition) is 7. The van der Waals surface area contributed by atoms with Crippen LogP contribution in [0.15, 0.2) is 23.8 Å². The zero-order chi connectivity index (χ0) is 11.9. The Bertz CT molecular complexity index is 779. The van der Waals surface area contributed by atoms with E-state index in [0.29, 0.717) is 5.65 Å². The van der Waals surface area contributed by atoms with Crippen LogP contribution >= 0.6 is 22.7 Å². The maximum Gasteiger partial charge on any atom is 0.190 e. The van der Waals surface area contributed by atoms with E-state index in [2.05, 4.69) is 30.4 Å². The molecular weight excluding hydrogens is 266 g/mol. The van der Waals surface area contributed by atoms with Crippen molar-refractivity contribution in [3.8, 4) is 11.4 Å². The fourth-order valence-corrected chi connectivity index (χ4v) is 2.80. The van der Waals surface area contributed by atoms with Gasteiger partial charge in [0.2, 0.25) is 0 Å². The Labute approximate surface area is 109 Å². The summed E-state index contributed by atoms with van der Waals surface area (Å²) in [4.78, 5) is 23.2. The summed E-state index contributed by atoms with van der Waals surface area (Å²) in [6.45, 7) is 0. The zero-order valence-corrected chi connectivity index (χ0v) is 10.5. The lowest BCUT2D eigenvalue weighted by Gasteiger charge is -1.98. The molecule has 1 radical (unpaired) electrons. The highest BCUT2D eigenvalue weighted by Gasteiger charge is 2.07. The average Bonchev–Trinajstić information content (AvgIpc) is 3.05. The van der Waals surface area contributed by atoms with Gasteiger partial charge in [0, 0.05) is 0 Å². The van der Waals surface area contributed by atoms with E-state index in [0.717, 1.165) is 26.6 Å². The molecule has 4 rings (SSSR count). The molecule has 0 spiro atoms. The predicted octanol–water partition coefficient (Wildman–Crippen LogP) is 2.56. The first-order valence-electron chi connectivity index (χ1n) is 5.10.